The first-order valence-electron chi connectivity index (χ1n) is 8.25. The number of imide groups is 1. The molecule has 0 radical (unpaired) electrons. The van der Waals surface area contributed by atoms with E-state index in [0.717, 1.165) is 4.90 Å². The highest BCUT2D eigenvalue weighted by atomic mass is 35.5. The maximum absolute atomic E-state index is 13.2. The molecule has 2 aromatic carbocycles. The molecule has 3 rings (SSSR count). The number of nitrogens with zero attached hydrogens (tertiary/aromatic N) is 1. The normalized spacial score (nSPS) is 19.6. The van der Waals surface area contributed by atoms with E-state index >= 15 is 0 Å². The van der Waals surface area contributed by atoms with Crippen molar-refractivity contribution in [1.82, 2.24) is 10.2 Å². The van der Waals surface area contributed by atoms with Crippen molar-refractivity contribution in [3.8, 4) is 5.75 Å². The minimum absolute atomic E-state index is 0.0660. The number of halogens is 2. The van der Waals surface area contributed by atoms with Crippen molar-refractivity contribution < 1.29 is 18.7 Å². The summed E-state index contributed by atoms with van der Waals surface area (Å²) >= 11 is 5.91. The van der Waals surface area contributed by atoms with Gasteiger partial charge in [0.15, 0.2) is 0 Å². The largest absolute Gasteiger partial charge is 0.492 e. The summed E-state index contributed by atoms with van der Waals surface area (Å²) in [4.78, 5) is 26.4. The van der Waals surface area contributed by atoms with E-state index in [0.29, 0.717) is 22.8 Å². The molecule has 1 aliphatic heterocycles. The molecule has 1 aliphatic rings. The Bertz CT molecular complexity index is 828. The van der Waals surface area contributed by atoms with Crippen LogP contribution >= 0.6 is 11.6 Å². The molecule has 1 heterocycles. The summed E-state index contributed by atoms with van der Waals surface area (Å²) in [7, 11) is 0. The molecule has 1 fully saturated rings. The SMILES string of the molecule is CCC1(c2ccc(Cl)cc2)NC(=O)N(CCOc2cccc(F)c2)C1=O. The van der Waals surface area contributed by atoms with Crippen LogP contribution in [-0.4, -0.2) is 30.0 Å². The van der Waals surface area contributed by atoms with E-state index in [1.54, 1.807) is 30.3 Å². The molecule has 2 aromatic rings. The van der Waals surface area contributed by atoms with E-state index in [1.165, 1.54) is 18.2 Å². The van der Waals surface area contributed by atoms with Gasteiger partial charge < -0.3 is 10.1 Å². The first-order valence-corrected chi connectivity index (χ1v) is 8.62. The van der Waals surface area contributed by atoms with Gasteiger partial charge in [0.1, 0.15) is 23.7 Å². The molecule has 3 amide bonds. The first kappa shape index (κ1) is 18.2. The third-order valence-electron chi connectivity index (χ3n) is 4.42. The highest BCUT2D eigenvalue weighted by molar-refractivity contribution is 6.30. The number of hydrogen-bond donors (Lipinski definition) is 1. The molecular weight excluding hydrogens is 359 g/mol. The fraction of sp³-hybridized carbons (Fsp3) is 0.263. The van der Waals surface area contributed by atoms with Gasteiger partial charge in [0.2, 0.25) is 0 Å². The van der Waals surface area contributed by atoms with Crippen LogP contribution in [0, 0.1) is 5.82 Å². The first-order chi connectivity index (χ1) is 12.5. The average Bonchev–Trinajstić information content (AvgIpc) is 2.87. The summed E-state index contributed by atoms with van der Waals surface area (Å²) in [6, 6.07) is 12.1. The lowest BCUT2D eigenvalue weighted by Gasteiger charge is -2.25. The Morgan fingerprint density at radius 3 is 2.58 bits per heavy atom. The number of urea groups is 1. The molecule has 26 heavy (non-hydrogen) atoms. The van der Waals surface area contributed by atoms with Crippen molar-refractivity contribution in [1.29, 1.82) is 0 Å². The van der Waals surface area contributed by atoms with E-state index in [1.807, 2.05) is 6.92 Å². The Morgan fingerprint density at radius 1 is 1.19 bits per heavy atom. The number of benzene rings is 2. The van der Waals surface area contributed by atoms with E-state index in [4.69, 9.17) is 16.3 Å². The van der Waals surface area contributed by atoms with Crippen molar-refractivity contribution >= 4 is 23.5 Å². The summed E-state index contributed by atoms with van der Waals surface area (Å²) < 4.78 is 18.6. The van der Waals surface area contributed by atoms with Crippen molar-refractivity contribution in [3.63, 3.8) is 0 Å². The Labute approximate surface area is 155 Å². The highest BCUT2D eigenvalue weighted by Crippen LogP contribution is 2.33. The smallest absolute Gasteiger partial charge is 0.325 e. The molecule has 0 bridgehead atoms. The van der Waals surface area contributed by atoms with Gasteiger partial charge in [-0.3, -0.25) is 9.69 Å². The van der Waals surface area contributed by atoms with E-state index in [-0.39, 0.29) is 19.1 Å². The number of ether oxygens (including phenoxy) is 1. The molecule has 1 unspecified atom stereocenters. The van der Waals surface area contributed by atoms with E-state index < -0.39 is 17.4 Å². The maximum Gasteiger partial charge on any atom is 0.325 e. The van der Waals surface area contributed by atoms with Crippen LogP contribution in [0.1, 0.15) is 18.9 Å². The van der Waals surface area contributed by atoms with Crippen molar-refractivity contribution in [2.24, 2.45) is 0 Å². The van der Waals surface area contributed by atoms with Gasteiger partial charge in [-0.05, 0) is 36.2 Å². The molecule has 1 saturated heterocycles. The second kappa shape index (κ2) is 7.33. The topological polar surface area (TPSA) is 58.6 Å². The van der Waals surface area contributed by atoms with Crippen LogP contribution in [0.5, 0.6) is 5.75 Å². The van der Waals surface area contributed by atoms with Gasteiger partial charge in [0.05, 0.1) is 6.54 Å². The van der Waals surface area contributed by atoms with Crippen LogP contribution in [-0.2, 0) is 10.3 Å². The fourth-order valence-corrected chi connectivity index (χ4v) is 3.14. The molecule has 0 saturated carbocycles. The fourth-order valence-electron chi connectivity index (χ4n) is 3.01. The predicted molar refractivity (Wildman–Crippen MR) is 95.6 cm³/mol. The Balaban J connectivity index is 1.72. The number of carbonyl (C=O) groups excluding carboxylic acids is 2. The average molecular weight is 377 g/mol. The molecule has 0 aliphatic carbocycles. The lowest BCUT2D eigenvalue weighted by molar-refractivity contribution is -0.132. The van der Waals surface area contributed by atoms with Crippen LogP contribution in [0.4, 0.5) is 9.18 Å². The van der Waals surface area contributed by atoms with Crippen molar-refractivity contribution in [3.05, 3.63) is 64.9 Å². The van der Waals surface area contributed by atoms with Crippen LogP contribution in [0.25, 0.3) is 0 Å². The highest BCUT2D eigenvalue weighted by Gasteiger charge is 2.50. The number of rotatable bonds is 6. The van der Waals surface area contributed by atoms with Gasteiger partial charge in [0, 0.05) is 11.1 Å². The maximum atomic E-state index is 13.2. The summed E-state index contributed by atoms with van der Waals surface area (Å²) in [5.74, 6) is -0.406. The Hall–Kier alpha value is -2.60. The molecule has 0 spiro atoms. The van der Waals surface area contributed by atoms with E-state index in [9.17, 15) is 14.0 Å². The third-order valence-corrected chi connectivity index (χ3v) is 4.67. The zero-order chi connectivity index (χ0) is 18.7. The summed E-state index contributed by atoms with van der Waals surface area (Å²) in [5, 5.41) is 3.34. The second-order valence-corrected chi connectivity index (χ2v) is 6.39. The molecule has 5 nitrogen and oxygen atoms in total. The molecular formula is C19H18ClFN2O3. The monoisotopic (exact) mass is 376 g/mol. The predicted octanol–water partition coefficient (Wildman–Crippen LogP) is 3.72. The van der Waals surface area contributed by atoms with E-state index in [2.05, 4.69) is 5.32 Å². The van der Waals surface area contributed by atoms with Gasteiger partial charge in [-0.15, -0.1) is 0 Å². The molecule has 0 aromatic heterocycles. The zero-order valence-electron chi connectivity index (χ0n) is 14.2. The van der Waals surface area contributed by atoms with Crippen LogP contribution < -0.4 is 10.1 Å². The number of nitrogens with one attached hydrogen (secondary N) is 1. The number of carbonyl (C=O) groups is 2. The van der Waals surface area contributed by atoms with Crippen LogP contribution in [0.2, 0.25) is 5.02 Å². The second-order valence-electron chi connectivity index (χ2n) is 5.96. The summed E-state index contributed by atoms with van der Waals surface area (Å²) in [5.41, 5.74) is -0.433. The molecule has 136 valence electrons. The van der Waals surface area contributed by atoms with Crippen molar-refractivity contribution in [2.45, 2.75) is 18.9 Å². The molecule has 1 atom stereocenters. The minimum Gasteiger partial charge on any atom is -0.492 e. The van der Waals surface area contributed by atoms with Gasteiger partial charge in [0.25, 0.3) is 5.91 Å². The zero-order valence-corrected chi connectivity index (χ0v) is 14.9. The van der Waals surface area contributed by atoms with Gasteiger partial charge in [-0.25, -0.2) is 9.18 Å². The number of amides is 3. The molecule has 7 heteroatoms. The lowest BCUT2D eigenvalue weighted by atomic mass is 9.87. The van der Waals surface area contributed by atoms with Crippen LogP contribution in [0.3, 0.4) is 0 Å². The van der Waals surface area contributed by atoms with Gasteiger partial charge >= 0.3 is 6.03 Å². The summed E-state index contributed by atoms with van der Waals surface area (Å²) in [6.45, 7) is 1.97. The lowest BCUT2D eigenvalue weighted by Crippen LogP contribution is -2.43. The molecule has 1 N–H and O–H groups in total. The summed E-state index contributed by atoms with van der Waals surface area (Å²) in [6.07, 6.45) is 0.403. The van der Waals surface area contributed by atoms with Gasteiger partial charge in [-0.1, -0.05) is 36.7 Å². The standard InChI is InChI=1S/C19H18ClFN2O3/c1-2-19(13-6-8-14(20)9-7-13)17(24)23(18(25)22-19)10-11-26-16-5-3-4-15(21)12-16/h3-9,12H,2,10-11H2,1H3,(H,22,25). The quantitative estimate of drug-likeness (QED) is 0.782. The Morgan fingerprint density at radius 2 is 1.92 bits per heavy atom. The minimum atomic E-state index is -1.11. The Kier molecular flexibility index (Phi) is 5.13. The van der Waals surface area contributed by atoms with Crippen LogP contribution in [0.15, 0.2) is 48.5 Å². The third kappa shape index (κ3) is 3.37. The van der Waals surface area contributed by atoms with Crippen molar-refractivity contribution in [2.75, 3.05) is 13.2 Å². The van der Waals surface area contributed by atoms with Gasteiger partial charge in [-0.2, -0.15) is 0 Å². The number of hydrogen-bond acceptors (Lipinski definition) is 3.